The summed E-state index contributed by atoms with van der Waals surface area (Å²) in [5, 5.41) is 3.52. The van der Waals surface area contributed by atoms with E-state index in [9.17, 15) is 4.79 Å². The standard InChI is InChI=1S/C44H73N4O3.2ClH/c1-30(2)33-12-17-44(29-51-39(49)32(4)48-26-22-46-23-27-48)19-18-42(8)34(38(33)44)10-11-36-41(7)15-14-37(40(5,6)35(41)13-16-43(36,42)9)50-28-31(3)47-24-20-45-21-25-47;;/h22,26,31-38,45H,1,10-21,23-25,27-29H2,2-9H3;2*1H/q+1;;/p-1/t31?,32?,33-,34?,35?,36?,37-,38?,41-,42+,43+,44+;;/m0../s1. The van der Waals surface area contributed by atoms with Crippen molar-refractivity contribution in [1.29, 1.82) is 0 Å². The minimum atomic E-state index is -0.273. The fourth-order valence-electron chi connectivity index (χ4n) is 14.7. The summed E-state index contributed by atoms with van der Waals surface area (Å²) in [6.07, 6.45) is 16.7. The van der Waals surface area contributed by atoms with Crippen molar-refractivity contribution < 1.29 is 48.6 Å². The summed E-state index contributed by atoms with van der Waals surface area (Å²) < 4.78 is 15.4. The van der Waals surface area contributed by atoms with Gasteiger partial charge < -0.3 is 44.5 Å². The quantitative estimate of drug-likeness (QED) is 0.197. The second-order valence-electron chi connectivity index (χ2n) is 20.3. The van der Waals surface area contributed by atoms with Gasteiger partial charge in [-0.15, -0.1) is 0 Å². The van der Waals surface area contributed by atoms with E-state index >= 15 is 0 Å². The molecule has 5 saturated carbocycles. The highest BCUT2D eigenvalue weighted by Gasteiger charge is 2.71. The first-order valence-electron chi connectivity index (χ1n) is 21.3. The van der Waals surface area contributed by atoms with Crippen LogP contribution in [0.5, 0.6) is 0 Å². The number of quaternary nitrogens is 1. The number of allylic oxidation sites excluding steroid dienone is 1. The van der Waals surface area contributed by atoms with E-state index in [1.807, 2.05) is 19.4 Å². The van der Waals surface area contributed by atoms with Crippen molar-refractivity contribution in [3.8, 4) is 0 Å². The van der Waals surface area contributed by atoms with E-state index in [2.05, 4.69) is 69.9 Å². The molecule has 0 aromatic carbocycles. The summed E-state index contributed by atoms with van der Waals surface area (Å²) >= 11 is 0. The lowest BCUT2D eigenvalue weighted by molar-refractivity contribution is -0.925. The van der Waals surface area contributed by atoms with Gasteiger partial charge in [-0.3, -0.25) is 4.99 Å². The van der Waals surface area contributed by atoms with Crippen LogP contribution < -0.4 is 35.0 Å². The van der Waals surface area contributed by atoms with Gasteiger partial charge in [0, 0.05) is 25.4 Å². The van der Waals surface area contributed by atoms with Gasteiger partial charge in [-0.05, 0) is 129 Å². The van der Waals surface area contributed by atoms with Crippen LogP contribution in [-0.2, 0) is 14.3 Å². The molecule has 7 rings (SSSR count). The Labute approximate surface area is 335 Å². The van der Waals surface area contributed by atoms with E-state index < -0.39 is 0 Å². The van der Waals surface area contributed by atoms with Crippen LogP contribution in [0.3, 0.4) is 0 Å². The Kier molecular flexibility index (Phi) is 13.1. The molecule has 2 aliphatic heterocycles. The summed E-state index contributed by atoms with van der Waals surface area (Å²) in [4.78, 5) is 19.5. The Morgan fingerprint density at radius 1 is 0.943 bits per heavy atom. The first-order chi connectivity index (χ1) is 24.2. The normalized spacial score (nSPS) is 42.9. The monoisotopic (exact) mass is 777 g/mol. The first-order valence-corrected chi connectivity index (χ1v) is 21.3. The van der Waals surface area contributed by atoms with Gasteiger partial charge >= 0.3 is 5.97 Å². The average molecular weight is 778 g/mol. The van der Waals surface area contributed by atoms with E-state index in [0.29, 0.717) is 53.3 Å². The second kappa shape index (κ2) is 16.1. The van der Waals surface area contributed by atoms with Crippen LogP contribution in [0.4, 0.5) is 0 Å². The molecule has 2 heterocycles. The van der Waals surface area contributed by atoms with Crippen LogP contribution in [0.1, 0.15) is 120 Å². The highest BCUT2D eigenvalue weighted by Crippen LogP contribution is 2.77. The number of aliphatic imine (C=N–C) groups is 1. The number of nitrogens with zero attached hydrogens (tertiary/aromatic N) is 2. The Balaban J connectivity index is 0.00000271. The minimum absolute atomic E-state index is 0. The van der Waals surface area contributed by atoms with E-state index in [1.165, 1.54) is 76.5 Å². The van der Waals surface area contributed by atoms with Gasteiger partial charge in [0.15, 0.2) is 12.8 Å². The lowest BCUT2D eigenvalue weighted by Crippen LogP contribution is -3.18. The van der Waals surface area contributed by atoms with Gasteiger partial charge in [-0.25, -0.2) is 9.37 Å². The zero-order valence-corrected chi connectivity index (χ0v) is 36.1. The molecule has 0 amide bonds. The maximum atomic E-state index is 13.5. The number of hydrogen-bond donors (Lipinski definition) is 2. The number of ether oxygens (including phenoxy) is 2. The topological polar surface area (TPSA) is 67.4 Å². The van der Waals surface area contributed by atoms with Gasteiger partial charge in [0.05, 0.1) is 45.2 Å². The molecule has 302 valence electrons. The van der Waals surface area contributed by atoms with E-state index in [0.717, 1.165) is 45.1 Å². The molecule has 6 fully saturated rings. The molecular formula is C44H74Cl2N4O3. The lowest BCUT2D eigenvalue weighted by atomic mass is 9.32. The van der Waals surface area contributed by atoms with Crippen LogP contribution in [-0.4, -0.2) is 93.6 Å². The molecule has 0 spiro atoms. The van der Waals surface area contributed by atoms with Crippen molar-refractivity contribution in [2.75, 3.05) is 52.5 Å². The van der Waals surface area contributed by atoms with Crippen molar-refractivity contribution >= 4 is 18.4 Å². The van der Waals surface area contributed by atoms with Crippen LogP contribution in [0, 0.1) is 56.7 Å². The Morgan fingerprint density at radius 3 is 2.36 bits per heavy atom. The number of hydrogen-bond acceptors (Lipinski definition) is 5. The summed E-state index contributed by atoms with van der Waals surface area (Å²) in [5.74, 6) is 3.10. The number of piperazine rings is 1. The fraction of sp³-hybridized carbons (Fsp3) is 0.886. The van der Waals surface area contributed by atoms with Gasteiger partial charge in [0.2, 0.25) is 6.04 Å². The van der Waals surface area contributed by atoms with Gasteiger partial charge in [0.1, 0.15) is 6.04 Å². The van der Waals surface area contributed by atoms with E-state index in [1.54, 1.807) is 4.90 Å². The Hall–Kier alpha value is -0.990. The number of carbonyl (C=O) groups excluding carboxylic acids is 1. The van der Waals surface area contributed by atoms with Crippen LogP contribution in [0.2, 0.25) is 0 Å². The number of fused-ring (bicyclic) bond motifs is 7. The number of halogens is 2. The molecule has 0 aromatic rings. The Bertz CT molecular complexity index is 1400. The van der Waals surface area contributed by atoms with Crippen molar-refractivity contribution in [3.63, 3.8) is 0 Å². The molecule has 0 radical (unpaired) electrons. The Morgan fingerprint density at radius 2 is 1.68 bits per heavy atom. The molecule has 1 saturated heterocycles. The molecule has 7 nitrogen and oxygen atoms in total. The number of rotatable bonds is 9. The zero-order valence-electron chi connectivity index (χ0n) is 34.6. The summed E-state index contributed by atoms with van der Waals surface area (Å²) in [6.45, 7) is 32.3. The predicted octanol–water partition coefficient (Wildman–Crippen LogP) is 0.0132. The van der Waals surface area contributed by atoms with Gasteiger partial charge in [-0.1, -0.05) is 46.8 Å². The molecule has 7 aliphatic rings. The first kappa shape index (κ1) is 43.1. The lowest BCUT2D eigenvalue weighted by Gasteiger charge is -2.73. The number of carbonyl (C=O) groups is 1. The number of nitrogens with one attached hydrogen (secondary N) is 2. The van der Waals surface area contributed by atoms with Crippen molar-refractivity contribution in [1.82, 2.24) is 5.32 Å². The van der Waals surface area contributed by atoms with E-state index in [-0.39, 0.29) is 53.1 Å². The molecule has 12 atom stereocenters. The highest BCUT2D eigenvalue weighted by molar-refractivity contribution is 6.14. The van der Waals surface area contributed by atoms with Crippen LogP contribution >= 0.6 is 0 Å². The fourth-order valence-corrected chi connectivity index (χ4v) is 14.7. The molecule has 53 heavy (non-hydrogen) atoms. The summed E-state index contributed by atoms with van der Waals surface area (Å²) in [5.41, 5.74) is 2.55. The molecule has 0 bridgehead atoms. The molecule has 5 aliphatic carbocycles. The second-order valence-corrected chi connectivity index (χ2v) is 20.3. The maximum Gasteiger partial charge on any atom is 0.375 e. The molecule has 9 heteroatoms. The molecule has 2 N–H and O–H groups in total. The third kappa shape index (κ3) is 7.14. The van der Waals surface area contributed by atoms with Gasteiger partial charge in [-0.2, -0.15) is 0 Å². The SMILES string of the molecule is C=C(C)[C@@H]1CC[C@]2(COC(=O)C(C)[N+]3=CC=NCC3)CC[C@]3(C)C(CCC4[C@@]5(C)CC[C@H](OCC(C)[NH+]6CCNCC6)C(C)(C)C5CC[C@]43C)C12.[Cl-].[Cl-]. The van der Waals surface area contributed by atoms with Crippen LogP contribution in [0.25, 0.3) is 0 Å². The van der Waals surface area contributed by atoms with E-state index in [4.69, 9.17) is 9.47 Å². The molecular weight excluding hydrogens is 703 g/mol. The van der Waals surface area contributed by atoms with Crippen molar-refractivity contribution in [3.05, 3.63) is 12.2 Å². The average Bonchev–Trinajstić information content (AvgIpc) is 3.51. The van der Waals surface area contributed by atoms with Crippen molar-refractivity contribution in [2.24, 2.45) is 61.7 Å². The minimum Gasteiger partial charge on any atom is -1.00 e. The highest BCUT2D eigenvalue weighted by atomic mass is 35.5. The van der Waals surface area contributed by atoms with Crippen molar-refractivity contribution in [2.45, 2.75) is 138 Å². The molecule has 0 aromatic heterocycles. The predicted molar refractivity (Wildman–Crippen MR) is 207 cm³/mol. The third-order valence-corrected chi connectivity index (χ3v) is 17.9. The summed E-state index contributed by atoms with van der Waals surface area (Å²) in [7, 11) is 0. The number of esters is 1. The van der Waals surface area contributed by atoms with Gasteiger partial charge in [0.25, 0.3) is 0 Å². The maximum absolute atomic E-state index is 13.5. The zero-order chi connectivity index (χ0) is 36.4. The van der Waals surface area contributed by atoms with Crippen LogP contribution in [0.15, 0.2) is 17.1 Å². The third-order valence-electron chi connectivity index (χ3n) is 17.9. The summed E-state index contributed by atoms with van der Waals surface area (Å²) in [6, 6.07) is 0.290. The smallest absolute Gasteiger partial charge is 0.375 e. The molecule has 6 unspecified atom stereocenters. The largest absolute Gasteiger partial charge is 1.00 e.